The highest BCUT2D eigenvalue weighted by molar-refractivity contribution is 5.65. The topological polar surface area (TPSA) is 46.2 Å². The van der Waals surface area contributed by atoms with Crippen molar-refractivity contribution in [3.8, 4) is 0 Å². The first kappa shape index (κ1) is 16.3. The van der Waals surface area contributed by atoms with Crippen molar-refractivity contribution >= 4 is 6.08 Å². The van der Waals surface area contributed by atoms with Gasteiger partial charge in [0.05, 0.1) is 6.61 Å². The third-order valence-electron chi connectivity index (χ3n) is 4.44. The summed E-state index contributed by atoms with van der Waals surface area (Å²) < 4.78 is 0. The monoisotopic (exact) mass is 287 g/mol. The highest BCUT2D eigenvalue weighted by Gasteiger charge is 2.17. The molecule has 1 aliphatic rings. The minimum Gasteiger partial charge on any atom is -0.394 e. The molecule has 1 aromatic rings. The first-order valence-corrected chi connectivity index (χ1v) is 8.43. The molecule has 0 spiro atoms. The smallest absolute Gasteiger partial charge is 0.0621 e. The Morgan fingerprint density at radius 3 is 2.67 bits per heavy atom. The first-order chi connectivity index (χ1) is 10.2. The lowest BCUT2D eigenvalue weighted by Gasteiger charge is -2.08. The molecule has 21 heavy (non-hydrogen) atoms. The molecule has 3 N–H and O–H groups in total. The third-order valence-corrected chi connectivity index (χ3v) is 4.44. The maximum absolute atomic E-state index is 9.17. The average molecular weight is 287 g/mol. The Labute approximate surface area is 129 Å². The van der Waals surface area contributed by atoms with Gasteiger partial charge in [0.1, 0.15) is 0 Å². The molecule has 0 amide bonds. The van der Waals surface area contributed by atoms with Crippen LogP contribution >= 0.6 is 0 Å². The van der Waals surface area contributed by atoms with E-state index < -0.39 is 0 Å². The summed E-state index contributed by atoms with van der Waals surface area (Å²) in [5.74, 6) is 0. The number of aliphatic hydroxyl groups is 1. The number of nitrogens with two attached hydrogens (primary N) is 1. The number of unbranched alkanes of at least 4 members (excludes halogenated alkanes) is 5. The number of hydrogen-bond donors (Lipinski definition) is 2. The van der Waals surface area contributed by atoms with E-state index in [2.05, 4.69) is 31.2 Å². The highest BCUT2D eigenvalue weighted by Crippen LogP contribution is 2.27. The predicted octanol–water partition coefficient (Wildman–Crippen LogP) is 3.85. The third kappa shape index (κ3) is 4.69. The van der Waals surface area contributed by atoms with Crippen molar-refractivity contribution in [3.05, 3.63) is 40.5 Å². The maximum atomic E-state index is 9.17. The van der Waals surface area contributed by atoms with Crippen molar-refractivity contribution in [2.75, 3.05) is 6.61 Å². The summed E-state index contributed by atoms with van der Waals surface area (Å²) in [6.07, 6.45) is 12.3. The summed E-state index contributed by atoms with van der Waals surface area (Å²) in [6, 6.07) is 6.58. The van der Waals surface area contributed by atoms with Gasteiger partial charge in [0.25, 0.3) is 0 Å². The molecule has 1 aliphatic carbocycles. The molecule has 0 aromatic heterocycles. The second-order valence-electron chi connectivity index (χ2n) is 6.24. The first-order valence-electron chi connectivity index (χ1n) is 8.43. The number of hydrogen-bond acceptors (Lipinski definition) is 2. The van der Waals surface area contributed by atoms with Gasteiger partial charge in [-0.25, -0.2) is 0 Å². The molecule has 0 fully saturated rings. The van der Waals surface area contributed by atoms with Crippen LogP contribution in [0.25, 0.3) is 6.08 Å². The molecule has 0 saturated carbocycles. The van der Waals surface area contributed by atoms with Crippen LogP contribution in [0.1, 0.15) is 62.1 Å². The lowest BCUT2D eigenvalue weighted by Crippen LogP contribution is -2.26. The van der Waals surface area contributed by atoms with E-state index in [1.807, 2.05) is 0 Å². The minimum absolute atomic E-state index is 0.0322. The van der Waals surface area contributed by atoms with Crippen molar-refractivity contribution in [3.63, 3.8) is 0 Å². The number of aryl methyl sites for hydroxylation is 1. The summed E-state index contributed by atoms with van der Waals surface area (Å²) in [5, 5.41) is 9.17. The van der Waals surface area contributed by atoms with Crippen molar-refractivity contribution in [2.24, 2.45) is 5.73 Å². The molecule has 0 saturated heterocycles. The normalized spacial score (nSPS) is 14.9. The molecule has 1 aromatic carbocycles. The van der Waals surface area contributed by atoms with E-state index in [4.69, 9.17) is 10.8 Å². The van der Waals surface area contributed by atoms with Crippen LogP contribution in [0.5, 0.6) is 0 Å². The van der Waals surface area contributed by atoms with Crippen molar-refractivity contribution < 1.29 is 5.11 Å². The van der Waals surface area contributed by atoms with Crippen LogP contribution in [0, 0.1) is 0 Å². The van der Waals surface area contributed by atoms with E-state index in [9.17, 15) is 0 Å². The van der Waals surface area contributed by atoms with Gasteiger partial charge in [0, 0.05) is 6.04 Å². The number of benzene rings is 1. The number of aliphatic hydroxyl groups excluding tert-OH is 1. The van der Waals surface area contributed by atoms with Gasteiger partial charge in [-0.05, 0) is 41.5 Å². The number of rotatable bonds is 9. The molecule has 2 rings (SSSR count). The molecule has 116 valence electrons. The van der Waals surface area contributed by atoms with E-state index >= 15 is 0 Å². The van der Waals surface area contributed by atoms with Gasteiger partial charge >= 0.3 is 0 Å². The number of fused-ring (bicyclic) bond motifs is 1. The molecule has 0 heterocycles. The Morgan fingerprint density at radius 1 is 1.14 bits per heavy atom. The minimum atomic E-state index is -0.209. The van der Waals surface area contributed by atoms with Crippen LogP contribution in [0.2, 0.25) is 0 Å². The van der Waals surface area contributed by atoms with Gasteiger partial charge in [-0.3, -0.25) is 0 Å². The van der Waals surface area contributed by atoms with Crippen LogP contribution in [-0.4, -0.2) is 17.8 Å². The van der Waals surface area contributed by atoms with Crippen molar-refractivity contribution in [1.82, 2.24) is 0 Å². The molecular formula is C19H29NO. The average Bonchev–Trinajstić information content (AvgIpc) is 2.93. The van der Waals surface area contributed by atoms with Gasteiger partial charge in [-0.1, -0.05) is 63.3 Å². The summed E-state index contributed by atoms with van der Waals surface area (Å²) in [4.78, 5) is 0. The van der Waals surface area contributed by atoms with Gasteiger partial charge in [-0.15, -0.1) is 0 Å². The van der Waals surface area contributed by atoms with E-state index in [0.717, 1.165) is 12.0 Å². The zero-order valence-electron chi connectivity index (χ0n) is 13.3. The standard InChI is InChI=1S/C19H29NO/c1-2-3-4-5-6-7-8-15-9-10-16-12-18(19(20)14-21)13-17(16)11-15/h9-11,13,19,21H,2-8,12,14,20H2,1H3/t19-/m1/s1. The Morgan fingerprint density at radius 2 is 1.90 bits per heavy atom. The quantitative estimate of drug-likeness (QED) is 0.678. The fraction of sp³-hybridized carbons (Fsp3) is 0.579. The van der Waals surface area contributed by atoms with Gasteiger partial charge in [-0.2, -0.15) is 0 Å². The Hall–Kier alpha value is -1.12. The molecule has 0 radical (unpaired) electrons. The fourth-order valence-corrected chi connectivity index (χ4v) is 3.03. The SMILES string of the molecule is CCCCCCCCc1ccc2c(c1)C=C([C@H](N)CO)C2. The van der Waals surface area contributed by atoms with Crippen LogP contribution < -0.4 is 5.73 Å². The largest absolute Gasteiger partial charge is 0.394 e. The lowest BCUT2D eigenvalue weighted by atomic mass is 10.0. The zero-order valence-corrected chi connectivity index (χ0v) is 13.3. The summed E-state index contributed by atoms with van der Waals surface area (Å²) >= 11 is 0. The Balaban J connectivity index is 1.83. The van der Waals surface area contributed by atoms with E-state index in [1.54, 1.807) is 0 Å². The van der Waals surface area contributed by atoms with Gasteiger partial charge < -0.3 is 10.8 Å². The summed E-state index contributed by atoms with van der Waals surface area (Å²) in [7, 11) is 0. The van der Waals surface area contributed by atoms with Crippen LogP contribution in [0.3, 0.4) is 0 Å². The molecule has 0 aliphatic heterocycles. The zero-order chi connectivity index (χ0) is 15.1. The summed E-state index contributed by atoms with van der Waals surface area (Å²) in [6.45, 7) is 2.29. The van der Waals surface area contributed by atoms with Crippen LogP contribution in [0.4, 0.5) is 0 Å². The lowest BCUT2D eigenvalue weighted by molar-refractivity contribution is 0.279. The molecule has 0 bridgehead atoms. The Bertz CT molecular complexity index is 478. The van der Waals surface area contributed by atoms with E-state index in [-0.39, 0.29) is 12.6 Å². The molecule has 2 heteroatoms. The summed E-state index contributed by atoms with van der Waals surface area (Å²) in [5.41, 5.74) is 11.2. The van der Waals surface area contributed by atoms with Crippen LogP contribution in [-0.2, 0) is 12.8 Å². The fourth-order valence-electron chi connectivity index (χ4n) is 3.03. The van der Waals surface area contributed by atoms with E-state index in [0.29, 0.717) is 0 Å². The predicted molar refractivity (Wildman–Crippen MR) is 90.3 cm³/mol. The molecule has 1 atom stereocenters. The second kappa shape index (κ2) is 8.35. The maximum Gasteiger partial charge on any atom is 0.0621 e. The molecular weight excluding hydrogens is 258 g/mol. The van der Waals surface area contributed by atoms with Crippen LogP contribution in [0.15, 0.2) is 23.8 Å². The second-order valence-corrected chi connectivity index (χ2v) is 6.24. The highest BCUT2D eigenvalue weighted by atomic mass is 16.3. The van der Waals surface area contributed by atoms with Gasteiger partial charge in [0.15, 0.2) is 0 Å². The van der Waals surface area contributed by atoms with E-state index in [1.165, 1.54) is 61.6 Å². The van der Waals surface area contributed by atoms with Crippen molar-refractivity contribution in [2.45, 2.75) is 64.3 Å². The van der Waals surface area contributed by atoms with Gasteiger partial charge in [0.2, 0.25) is 0 Å². The van der Waals surface area contributed by atoms with Crippen molar-refractivity contribution in [1.29, 1.82) is 0 Å². The molecule has 0 unspecified atom stereocenters. The molecule has 2 nitrogen and oxygen atoms in total. The Kier molecular flexibility index (Phi) is 6.47.